The molecule has 1 amide bonds. The van der Waals surface area contributed by atoms with Crippen LogP contribution in [0, 0.1) is 18.3 Å². The van der Waals surface area contributed by atoms with Gasteiger partial charge in [-0.3, -0.25) is 9.48 Å². The molecule has 0 radical (unpaired) electrons. The quantitative estimate of drug-likeness (QED) is 0.858. The largest absolute Gasteiger partial charge is 0.315 e. The molecule has 0 bridgehead atoms. The molecule has 120 valence electrons. The molecule has 1 aliphatic carbocycles. The summed E-state index contributed by atoms with van der Waals surface area (Å²) in [4.78, 5) is 13.8. The van der Waals surface area contributed by atoms with Crippen molar-refractivity contribution in [2.75, 3.05) is 5.32 Å². The molecular formula is C16H17BrN4OS. The highest BCUT2D eigenvalue weighted by atomic mass is 79.9. The summed E-state index contributed by atoms with van der Waals surface area (Å²) in [5.41, 5.74) is 2.67. The lowest BCUT2D eigenvalue weighted by atomic mass is 9.96. The molecule has 0 aromatic carbocycles. The van der Waals surface area contributed by atoms with E-state index in [0.29, 0.717) is 10.6 Å². The summed E-state index contributed by atoms with van der Waals surface area (Å²) in [6.07, 6.45) is 5.89. The van der Waals surface area contributed by atoms with Gasteiger partial charge in [-0.25, -0.2) is 0 Å². The number of aromatic nitrogens is 2. The summed E-state index contributed by atoms with van der Waals surface area (Å²) in [6, 6.07) is 1.83. The van der Waals surface area contributed by atoms with Crippen LogP contribution in [0.15, 0.2) is 10.7 Å². The first-order chi connectivity index (χ1) is 11.0. The Kier molecular flexibility index (Phi) is 4.55. The lowest BCUT2D eigenvalue weighted by Crippen LogP contribution is -2.25. The molecule has 3 rings (SSSR count). The van der Waals surface area contributed by atoms with Crippen LogP contribution < -0.4 is 5.32 Å². The predicted molar refractivity (Wildman–Crippen MR) is 93.7 cm³/mol. The fraction of sp³-hybridized carbons (Fsp3) is 0.438. The standard InChI is InChI=1S/C16H17BrN4OS/c1-9-13(17)8-19-21(9)10(2)15(22)20-16-12(7-18)11-5-3-4-6-14(11)23-16/h8,10H,3-6H2,1-2H3,(H,20,22)/t10-/m0/s1. The van der Waals surface area contributed by atoms with Crippen LogP contribution in [0.25, 0.3) is 0 Å². The fourth-order valence-corrected chi connectivity index (χ4v) is 4.41. The molecule has 23 heavy (non-hydrogen) atoms. The molecule has 0 unspecified atom stereocenters. The van der Waals surface area contributed by atoms with Gasteiger partial charge in [0.1, 0.15) is 17.1 Å². The van der Waals surface area contributed by atoms with Gasteiger partial charge < -0.3 is 5.32 Å². The third kappa shape index (κ3) is 2.93. The topological polar surface area (TPSA) is 70.7 Å². The Morgan fingerprint density at radius 1 is 1.52 bits per heavy atom. The number of halogens is 1. The first kappa shape index (κ1) is 16.2. The van der Waals surface area contributed by atoms with Gasteiger partial charge in [0.2, 0.25) is 5.91 Å². The predicted octanol–water partition coefficient (Wildman–Crippen LogP) is 3.97. The molecule has 0 fully saturated rings. The van der Waals surface area contributed by atoms with Crippen LogP contribution >= 0.6 is 27.3 Å². The lowest BCUT2D eigenvalue weighted by molar-refractivity contribution is -0.119. The van der Waals surface area contributed by atoms with Crippen molar-refractivity contribution in [2.45, 2.75) is 45.6 Å². The van der Waals surface area contributed by atoms with E-state index in [1.54, 1.807) is 29.1 Å². The number of hydrogen-bond donors (Lipinski definition) is 1. The highest BCUT2D eigenvalue weighted by molar-refractivity contribution is 9.10. The van der Waals surface area contributed by atoms with Gasteiger partial charge in [-0.1, -0.05) is 0 Å². The maximum Gasteiger partial charge on any atom is 0.249 e. The Morgan fingerprint density at radius 2 is 2.26 bits per heavy atom. The number of rotatable bonds is 3. The summed E-state index contributed by atoms with van der Waals surface area (Å²) in [7, 11) is 0. The molecule has 1 aliphatic rings. The normalized spacial score (nSPS) is 14.9. The van der Waals surface area contributed by atoms with E-state index < -0.39 is 6.04 Å². The minimum atomic E-state index is -0.438. The number of anilines is 1. The average Bonchev–Trinajstić information content (AvgIpc) is 3.06. The Balaban J connectivity index is 1.84. The minimum Gasteiger partial charge on any atom is -0.315 e. The number of amides is 1. The SMILES string of the molecule is Cc1c(Br)cnn1[C@@H](C)C(=O)Nc1sc2c(c1C#N)CCCC2. The van der Waals surface area contributed by atoms with Crippen LogP contribution in [0.4, 0.5) is 5.00 Å². The molecular weight excluding hydrogens is 376 g/mol. The molecule has 0 aliphatic heterocycles. The Morgan fingerprint density at radius 3 is 2.91 bits per heavy atom. The van der Waals surface area contributed by atoms with E-state index in [4.69, 9.17) is 0 Å². The van der Waals surface area contributed by atoms with Gasteiger partial charge in [0, 0.05) is 4.88 Å². The van der Waals surface area contributed by atoms with E-state index >= 15 is 0 Å². The molecule has 2 heterocycles. The molecule has 0 spiro atoms. The maximum atomic E-state index is 12.6. The molecule has 0 saturated carbocycles. The second kappa shape index (κ2) is 6.46. The molecule has 0 saturated heterocycles. The second-order valence-corrected chi connectivity index (χ2v) is 7.67. The van der Waals surface area contributed by atoms with Crippen LogP contribution in [0.1, 0.15) is 47.5 Å². The van der Waals surface area contributed by atoms with Gasteiger partial charge >= 0.3 is 0 Å². The van der Waals surface area contributed by atoms with E-state index in [9.17, 15) is 10.1 Å². The van der Waals surface area contributed by atoms with Crippen LogP contribution in [0.2, 0.25) is 0 Å². The number of nitrogens with zero attached hydrogens (tertiary/aromatic N) is 3. The van der Waals surface area contributed by atoms with Gasteiger partial charge in [-0.15, -0.1) is 11.3 Å². The van der Waals surface area contributed by atoms with Crippen molar-refractivity contribution in [3.8, 4) is 6.07 Å². The number of fused-ring (bicyclic) bond motifs is 1. The van der Waals surface area contributed by atoms with Crippen LogP contribution in [-0.4, -0.2) is 15.7 Å². The zero-order valence-corrected chi connectivity index (χ0v) is 15.4. The molecule has 2 aromatic rings. The van der Waals surface area contributed by atoms with Gasteiger partial charge in [0.05, 0.1) is 21.9 Å². The van der Waals surface area contributed by atoms with Crippen molar-refractivity contribution in [1.29, 1.82) is 5.26 Å². The number of carbonyl (C=O) groups excluding carboxylic acids is 1. The van der Waals surface area contributed by atoms with Gasteiger partial charge in [-0.2, -0.15) is 10.4 Å². The van der Waals surface area contributed by atoms with Crippen molar-refractivity contribution in [3.63, 3.8) is 0 Å². The smallest absolute Gasteiger partial charge is 0.249 e. The van der Waals surface area contributed by atoms with Gasteiger partial charge in [0.15, 0.2) is 0 Å². The number of nitriles is 1. The van der Waals surface area contributed by atoms with Crippen molar-refractivity contribution < 1.29 is 4.79 Å². The van der Waals surface area contributed by atoms with Crippen molar-refractivity contribution in [3.05, 3.63) is 32.4 Å². The Bertz CT molecular complexity index is 802. The van der Waals surface area contributed by atoms with E-state index in [1.165, 1.54) is 4.88 Å². The second-order valence-electron chi connectivity index (χ2n) is 5.71. The van der Waals surface area contributed by atoms with Crippen LogP contribution in [0.5, 0.6) is 0 Å². The minimum absolute atomic E-state index is 0.154. The monoisotopic (exact) mass is 392 g/mol. The van der Waals surface area contributed by atoms with Gasteiger partial charge in [0.25, 0.3) is 0 Å². The fourth-order valence-electron chi connectivity index (χ4n) is 2.89. The molecule has 1 N–H and O–H groups in total. The van der Waals surface area contributed by atoms with Crippen LogP contribution in [0.3, 0.4) is 0 Å². The van der Waals surface area contributed by atoms with Gasteiger partial charge in [-0.05, 0) is 61.0 Å². The first-order valence-electron chi connectivity index (χ1n) is 7.58. The zero-order chi connectivity index (χ0) is 16.6. The molecule has 5 nitrogen and oxygen atoms in total. The summed E-state index contributed by atoms with van der Waals surface area (Å²) in [5.74, 6) is -0.154. The number of carbonyl (C=O) groups is 1. The highest BCUT2D eigenvalue weighted by Gasteiger charge is 2.24. The summed E-state index contributed by atoms with van der Waals surface area (Å²) >= 11 is 4.95. The average molecular weight is 393 g/mol. The maximum absolute atomic E-state index is 12.6. The van der Waals surface area contributed by atoms with E-state index in [1.807, 2.05) is 6.92 Å². The lowest BCUT2D eigenvalue weighted by Gasteiger charge is -2.14. The number of thiophene rings is 1. The number of nitrogens with one attached hydrogen (secondary N) is 1. The van der Waals surface area contributed by atoms with E-state index in [2.05, 4.69) is 32.4 Å². The summed E-state index contributed by atoms with van der Waals surface area (Å²) in [5, 5.41) is 17.3. The van der Waals surface area contributed by atoms with Crippen molar-refractivity contribution in [1.82, 2.24) is 9.78 Å². The number of hydrogen-bond acceptors (Lipinski definition) is 4. The molecule has 2 aromatic heterocycles. The van der Waals surface area contributed by atoms with Crippen molar-refractivity contribution in [2.24, 2.45) is 0 Å². The zero-order valence-electron chi connectivity index (χ0n) is 13.0. The van der Waals surface area contributed by atoms with Crippen molar-refractivity contribution >= 4 is 38.2 Å². The molecule has 7 heteroatoms. The third-order valence-electron chi connectivity index (χ3n) is 4.25. The Hall–Kier alpha value is -1.65. The summed E-state index contributed by atoms with van der Waals surface area (Å²) < 4.78 is 2.56. The van der Waals surface area contributed by atoms with E-state index in [0.717, 1.165) is 41.4 Å². The highest BCUT2D eigenvalue weighted by Crippen LogP contribution is 2.37. The first-order valence-corrected chi connectivity index (χ1v) is 9.19. The number of aryl methyl sites for hydroxylation is 1. The van der Waals surface area contributed by atoms with E-state index in [-0.39, 0.29) is 5.91 Å². The Labute approximate surface area is 147 Å². The summed E-state index contributed by atoms with van der Waals surface area (Å²) in [6.45, 7) is 3.72. The third-order valence-corrected chi connectivity index (χ3v) is 6.24. The molecule has 1 atom stereocenters. The van der Waals surface area contributed by atoms with Crippen LogP contribution in [-0.2, 0) is 17.6 Å².